The molecule has 6 rings (SSSR count). The molecule has 0 bridgehead atoms. The summed E-state index contributed by atoms with van der Waals surface area (Å²) in [7, 11) is 0. The molecule has 33 heavy (non-hydrogen) atoms. The Bertz CT molecular complexity index is 1270. The van der Waals surface area contributed by atoms with Crippen LogP contribution in [0.5, 0.6) is 0 Å². The smallest absolute Gasteiger partial charge is 1.00 e. The van der Waals surface area contributed by atoms with Gasteiger partial charge in [-0.15, -0.1) is 57.9 Å². The number of hydrogen-bond acceptors (Lipinski definition) is 0. The van der Waals surface area contributed by atoms with E-state index in [-0.39, 0.29) is 46.5 Å². The van der Waals surface area contributed by atoms with Crippen LogP contribution in [0.1, 0.15) is 0 Å². The summed E-state index contributed by atoms with van der Waals surface area (Å²) >= 11 is 0. The largest absolute Gasteiger partial charge is 4.00 e. The monoisotopic (exact) mass is 500 g/mol. The molecule has 0 aliphatic rings. The Kier molecular flexibility index (Phi) is 10.2. The molecule has 0 atom stereocenters. The third-order valence-electron chi connectivity index (χ3n) is 5.53. The molecule has 0 heterocycles. The molecular formula is C30H22Cl2Ti. The van der Waals surface area contributed by atoms with E-state index in [2.05, 4.69) is 133 Å². The Balaban J connectivity index is 0.000000214. The number of benzene rings is 4. The fourth-order valence-electron chi connectivity index (χ4n) is 4.06. The number of halogens is 2. The van der Waals surface area contributed by atoms with Crippen LogP contribution in [0.25, 0.3) is 43.8 Å². The Hall–Kier alpha value is -2.61. The van der Waals surface area contributed by atoms with Crippen molar-refractivity contribution in [3.63, 3.8) is 0 Å². The molecule has 0 saturated carbocycles. The standard InChI is InChI=1S/2C15H11.2ClH.Ti/c2*1-2-6-12(7-3-1)14-10-4-8-13-9-5-11-15(13)14;;;/h2*1-11H;2*1H;/q2*-1;;;+4/p-2. The predicted octanol–water partition coefficient (Wildman–Crippen LogP) is 2.46. The zero-order valence-electron chi connectivity index (χ0n) is 18.0. The van der Waals surface area contributed by atoms with Gasteiger partial charge in [-0.05, 0) is 11.1 Å². The van der Waals surface area contributed by atoms with Crippen LogP contribution in [-0.4, -0.2) is 0 Å². The average molecular weight is 501 g/mol. The van der Waals surface area contributed by atoms with Gasteiger partial charge in [0.2, 0.25) is 0 Å². The van der Waals surface area contributed by atoms with Crippen molar-refractivity contribution >= 4 is 21.5 Å². The van der Waals surface area contributed by atoms with E-state index in [1.54, 1.807) is 0 Å². The maximum Gasteiger partial charge on any atom is 4.00 e. The molecule has 0 aliphatic heterocycles. The van der Waals surface area contributed by atoms with Gasteiger partial charge in [0.05, 0.1) is 0 Å². The van der Waals surface area contributed by atoms with Crippen LogP contribution in [-0.2, 0) is 21.7 Å². The Morgan fingerprint density at radius 1 is 0.394 bits per heavy atom. The first kappa shape index (κ1) is 26.6. The molecule has 0 N–H and O–H groups in total. The summed E-state index contributed by atoms with van der Waals surface area (Å²) in [6, 6.07) is 46.8. The van der Waals surface area contributed by atoms with Crippen LogP contribution in [0, 0.1) is 0 Å². The van der Waals surface area contributed by atoms with Crippen LogP contribution < -0.4 is 24.8 Å². The Morgan fingerprint density at radius 3 is 1.18 bits per heavy atom. The summed E-state index contributed by atoms with van der Waals surface area (Å²) in [6.07, 6.45) is 0. The maximum absolute atomic E-state index is 2.18. The van der Waals surface area contributed by atoms with E-state index in [0.29, 0.717) is 0 Å². The van der Waals surface area contributed by atoms with Gasteiger partial charge in [0.15, 0.2) is 0 Å². The van der Waals surface area contributed by atoms with Crippen molar-refractivity contribution in [2.75, 3.05) is 0 Å². The number of rotatable bonds is 2. The van der Waals surface area contributed by atoms with Gasteiger partial charge in [-0.2, -0.15) is 24.3 Å². The van der Waals surface area contributed by atoms with Crippen molar-refractivity contribution in [3.8, 4) is 22.3 Å². The normalized spacial score (nSPS) is 9.70. The summed E-state index contributed by atoms with van der Waals surface area (Å²) in [6.45, 7) is 0. The van der Waals surface area contributed by atoms with E-state index >= 15 is 0 Å². The second-order valence-electron chi connectivity index (χ2n) is 7.40. The van der Waals surface area contributed by atoms with Gasteiger partial charge in [0.25, 0.3) is 0 Å². The summed E-state index contributed by atoms with van der Waals surface area (Å²) in [5.41, 5.74) is 5.21. The molecule has 0 spiro atoms. The molecule has 0 aromatic heterocycles. The molecule has 6 aromatic rings. The van der Waals surface area contributed by atoms with Crippen molar-refractivity contribution in [2.45, 2.75) is 0 Å². The van der Waals surface area contributed by atoms with Gasteiger partial charge in [-0.3, -0.25) is 0 Å². The molecule has 0 fully saturated rings. The molecule has 0 nitrogen and oxygen atoms in total. The Morgan fingerprint density at radius 2 is 0.788 bits per heavy atom. The molecule has 0 amide bonds. The van der Waals surface area contributed by atoms with Gasteiger partial charge >= 0.3 is 21.7 Å². The first-order valence-electron chi connectivity index (χ1n) is 10.3. The van der Waals surface area contributed by atoms with Crippen molar-refractivity contribution in [1.29, 1.82) is 0 Å². The zero-order valence-corrected chi connectivity index (χ0v) is 21.0. The first-order chi connectivity index (χ1) is 14.9. The molecule has 0 aliphatic carbocycles. The van der Waals surface area contributed by atoms with Gasteiger partial charge in [-0.25, -0.2) is 0 Å². The minimum atomic E-state index is 0. The minimum absolute atomic E-state index is 0. The molecule has 0 saturated heterocycles. The van der Waals surface area contributed by atoms with E-state index in [1.165, 1.54) is 43.8 Å². The van der Waals surface area contributed by atoms with E-state index < -0.39 is 0 Å². The van der Waals surface area contributed by atoms with Crippen molar-refractivity contribution < 1.29 is 46.5 Å². The van der Waals surface area contributed by atoms with Crippen molar-refractivity contribution in [3.05, 3.63) is 133 Å². The fraction of sp³-hybridized carbons (Fsp3) is 0. The molecule has 0 radical (unpaired) electrons. The van der Waals surface area contributed by atoms with Crippen molar-refractivity contribution in [1.82, 2.24) is 0 Å². The van der Waals surface area contributed by atoms with Crippen LogP contribution in [0.15, 0.2) is 133 Å². The third kappa shape index (κ3) is 5.85. The molecule has 0 unspecified atom stereocenters. The van der Waals surface area contributed by atoms with E-state index in [9.17, 15) is 0 Å². The zero-order chi connectivity index (χ0) is 20.2. The quantitative estimate of drug-likeness (QED) is 0.253. The maximum atomic E-state index is 2.18. The SMILES string of the molecule is [Cl-].[Cl-].[Ti+4].c1ccc(-c2cccc3[cH-]ccc23)cc1.c1ccc(-c2cccc3[cH-]ccc23)cc1. The van der Waals surface area contributed by atoms with E-state index in [1.807, 2.05) is 0 Å². The minimum Gasteiger partial charge on any atom is -1.00 e. The van der Waals surface area contributed by atoms with E-state index in [4.69, 9.17) is 0 Å². The third-order valence-corrected chi connectivity index (χ3v) is 5.53. The number of fused-ring (bicyclic) bond motifs is 2. The molecule has 3 heteroatoms. The predicted molar refractivity (Wildman–Crippen MR) is 130 cm³/mol. The van der Waals surface area contributed by atoms with Gasteiger partial charge < -0.3 is 24.8 Å². The van der Waals surface area contributed by atoms with Gasteiger partial charge in [0, 0.05) is 0 Å². The summed E-state index contributed by atoms with van der Waals surface area (Å²) in [5.74, 6) is 0. The summed E-state index contributed by atoms with van der Waals surface area (Å²) in [4.78, 5) is 0. The van der Waals surface area contributed by atoms with Gasteiger partial charge in [-0.1, -0.05) is 83.9 Å². The van der Waals surface area contributed by atoms with E-state index in [0.717, 1.165) is 0 Å². The first-order valence-corrected chi connectivity index (χ1v) is 10.3. The molecular weight excluding hydrogens is 479 g/mol. The van der Waals surface area contributed by atoms with Crippen LogP contribution in [0.2, 0.25) is 0 Å². The second-order valence-corrected chi connectivity index (χ2v) is 7.40. The van der Waals surface area contributed by atoms with Crippen LogP contribution in [0.3, 0.4) is 0 Å². The number of hydrogen-bond donors (Lipinski definition) is 0. The second kappa shape index (κ2) is 12.6. The summed E-state index contributed by atoms with van der Waals surface area (Å²) in [5, 5.41) is 5.31. The van der Waals surface area contributed by atoms with Crippen LogP contribution in [0.4, 0.5) is 0 Å². The van der Waals surface area contributed by atoms with Crippen LogP contribution >= 0.6 is 0 Å². The Labute approximate surface area is 222 Å². The van der Waals surface area contributed by atoms with Gasteiger partial charge in [0.1, 0.15) is 0 Å². The topological polar surface area (TPSA) is 0 Å². The van der Waals surface area contributed by atoms with Crippen molar-refractivity contribution in [2.24, 2.45) is 0 Å². The average Bonchev–Trinajstić information content (AvgIpc) is 3.50. The summed E-state index contributed by atoms with van der Waals surface area (Å²) < 4.78 is 0. The molecule has 6 aromatic carbocycles. The fourth-order valence-corrected chi connectivity index (χ4v) is 4.06. The molecule has 160 valence electrons.